The van der Waals surface area contributed by atoms with Gasteiger partial charge in [0.15, 0.2) is 12.2 Å². The highest BCUT2D eigenvalue weighted by Crippen LogP contribution is 2.34. The highest BCUT2D eigenvalue weighted by Gasteiger charge is 2.37. The standard InChI is InChI=1S/C18H18O3/c19-16(13-11-12-13)18(20)21-17(14-7-3-1-4-8-14)15-9-5-2-6-10-15/h1-10,13,16-17,19H,11-12H2. The maximum atomic E-state index is 12.1. The van der Waals surface area contributed by atoms with Gasteiger partial charge in [0.1, 0.15) is 0 Å². The summed E-state index contributed by atoms with van der Waals surface area (Å²) >= 11 is 0. The first-order valence-corrected chi connectivity index (χ1v) is 7.24. The first kappa shape index (κ1) is 13.8. The highest BCUT2D eigenvalue weighted by atomic mass is 16.6. The number of ether oxygens (including phenoxy) is 1. The Morgan fingerprint density at radius 3 is 1.86 bits per heavy atom. The second kappa shape index (κ2) is 6.10. The molecule has 1 aliphatic carbocycles. The van der Waals surface area contributed by atoms with Crippen molar-refractivity contribution in [1.82, 2.24) is 0 Å². The lowest BCUT2D eigenvalue weighted by atomic mass is 10.0. The number of aliphatic hydroxyl groups is 1. The van der Waals surface area contributed by atoms with E-state index in [2.05, 4.69) is 0 Å². The van der Waals surface area contributed by atoms with E-state index >= 15 is 0 Å². The van der Waals surface area contributed by atoms with Crippen molar-refractivity contribution in [3.8, 4) is 0 Å². The minimum absolute atomic E-state index is 0.0738. The van der Waals surface area contributed by atoms with Gasteiger partial charge in [-0.2, -0.15) is 0 Å². The van der Waals surface area contributed by atoms with Crippen molar-refractivity contribution >= 4 is 5.97 Å². The third kappa shape index (κ3) is 3.31. The number of hydrogen-bond acceptors (Lipinski definition) is 3. The van der Waals surface area contributed by atoms with Crippen LogP contribution in [-0.4, -0.2) is 17.2 Å². The fourth-order valence-corrected chi connectivity index (χ4v) is 2.37. The predicted molar refractivity (Wildman–Crippen MR) is 79.5 cm³/mol. The van der Waals surface area contributed by atoms with E-state index in [0.29, 0.717) is 0 Å². The molecular weight excluding hydrogens is 264 g/mol. The van der Waals surface area contributed by atoms with Gasteiger partial charge in [-0.25, -0.2) is 4.79 Å². The molecule has 0 amide bonds. The summed E-state index contributed by atoms with van der Waals surface area (Å²) in [4.78, 5) is 12.1. The molecule has 0 aromatic heterocycles. The van der Waals surface area contributed by atoms with Crippen molar-refractivity contribution in [2.45, 2.75) is 25.0 Å². The molecule has 1 saturated carbocycles. The molecule has 3 nitrogen and oxygen atoms in total. The molecule has 2 aromatic carbocycles. The van der Waals surface area contributed by atoms with E-state index in [1.54, 1.807) is 0 Å². The molecule has 1 atom stereocenters. The minimum Gasteiger partial charge on any atom is -0.451 e. The van der Waals surface area contributed by atoms with Crippen molar-refractivity contribution in [3.63, 3.8) is 0 Å². The first-order chi connectivity index (χ1) is 10.3. The fraction of sp³-hybridized carbons (Fsp3) is 0.278. The number of benzene rings is 2. The summed E-state index contributed by atoms with van der Waals surface area (Å²) in [5.41, 5.74) is 1.81. The first-order valence-electron chi connectivity index (χ1n) is 7.24. The SMILES string of the molecule is O=C(OC(c1ccccc1)c1ccccc1)C(O)C1CC1. The molecular formula is C18H18O3. The molecule has 3 rings (SSSR count). The Labute approximate surface area is 124 Å². The van der Waals surface area contributed by atoms with Gasteiger partial charge in [-0.3, -0.25) is 0 Å². The van der Waals surface area contributed by atoms with Crippen LogP contribution in [0.15, 0.2) is 60.7 Å². The van der Waals surface area contributed by atoms with Crippen LogP contribution in [0.3, 0.4) is 0 Å². The summed E-state index contributed by atoms with van der Waals surface area (Å²) in [5.74, 6) is -0.458. The van der Waals surface area contributed by atoms with Crippen molar-refractivity contribution in [2.24, 2.45) is 5.92 Å². The molecule has 1 N–H and O–H groups in total. The molecule has 1 fully saturated rings. The number of esters is 1. The lowest BCUT2D eigenvalue weighted by Gasteiger charge is -2.20. The van der Waals surface area contributed by atoms with Crippen LogP contribution in [0.2, 0.25) is 0 Å². The van der Waals surface area contributed by atoms with Gasteiger partial charge in [0.2, 0.25) is 0 Å². The third-order valence-corrected chi connectivity index (χ3v) is 3.75. The summed E-state index contributed by atoms with van der Waals surface area (Å²) in [7, 11) is 0. The number of carbonyl (C=O) groups excluding carboxylic acids is 1. The molecule has 0 heterocycles. The summed E-state index contributed by atoms with van der Waals surface area (Å²) in [6, 6.07) is 19.2. The number of rotatable bonds is 5. The Bertz CT molecular complexity index is 551. The Balaban J connectivity index is 1.84. The van der Waals surface area contributed by atoms with Crippen molar-refractivity contribution in [3.05, 3.63) is 71.8 Å². The highest BCUT2D eigenvalue weighted by molar-refractivity contribution is 5.75. The zero-order chi connectivity index (χ0) is 14.7. The lowest BCUT2D eigenvalue weighted by Crippen LogP contribution is -2.27. The van der Waals surface area contributed by atoms with E-state index in [9.17, 15) is 9.90 Å². The maximum absolute atomic E-state index is 12.1. The van der Waals surface area contributed by atoms with Gasteiger partial charge in [-0.05, 0) is 29.9 Å². The summed E-state index contributed by atoms with van der Waals surface area (Å²) in [6.45, 7) is 0. The fourth-order valence-electron chi connectivity index (χ4n) is 2.37. The molecule has 0 radical (unpaired) electrons. The monoisotopic (exact) mass is 282 g/mol. The quantitative estimate of drug-likeness (QED) is 0.857. The number of hydrogen-bond donors (Lipinski definition) is 1. The average molecular weight is 282 g/mol. The molecule has 108 valence electrons. The third-order valence-electron chi connectivity index (χ3n) is 3.75. The van der Waals surface area contributed by atoms with Crippen LogP contribution < -0.4 is 0 Å². The molecule has 0 spiro atoms. The van der Waals surface area contributed by atoms with Crippen LogP contribution in [-0.2, 0) is 9.53 Å². The van der Waals surface area contributed by atoms with Crippen LogP contribution in [0, 0.1) is 5.92 Å². The maximum Gasteiger partial charge on any atom is 0.336 e. The van der Waals surface area contributed by atoms with Gasteiger partial charge in [0.25, 0.3) is 0 Å². The molecule has 0 saturated heterocycles. The van der Waals surface area contributed by atoms with Crippen LogP contribution in [0.1, 0.15) is 30.1 Å². The van der Waals surface area contributed by atoms with Gasteiger partial charge < -0.3 is 9.84 Å². The summed E-state index contributed by atoms with van der Waals surface area (Å²) in [6.07, 6.45) is 0.322. The smallest absolute Gasteiger partial charge is 0.336 e. The Kier molecular flexibility index (Phi) is 4.02. The van der Waals surface area contributed by atoms with Crippen LogP contribution in [0.5, 0.6) is 0 Å². The number of aliphatic hydroxyl groups excluding tert-OH is 1. The zero-order valence-corrected chi connectivity index (χ0v) is 11.7. The Morgan fingerprint density at radius 1 is 0.952 bits per heavy atom. The molecule has 0 bridgehead atoms. The summed E-state index contributed by atoms with van der Waals surface area (Å²) in [5, 5.41) is 9.93. The van der Waals surface area contributed by atoms with Gasteiger partial charge in [0.05, 0.1) is 0 Å². The van der Waals surface area contributed by atoms with Crippen LogP contribution >= 0.6 is 0 Å². The predicted octanol–water partition coefficient (Wildman–Crippen LogP) is 3.09. The minimum atomic E-state index is -1.00. The Morgan fingerprint density at radius 2 is 1.43 bits per heavy atom. The van der Waals surface area contributed by atoms with Crippen LogP contribution in [0.4, 0.5) is 0 Å². The second-order valence-electron chi connectivity index (χ2n) is 5.42. The van der Waals surface area contributed by atoms with Gasteiger partial charge in [-0.1, -0.05) is 60.7 Å². The van der Waals surface area contributed by atoms with Crippen molar-refractivity contribution in [2.75, 3.05) is 0 Å². The molecule has 3 heteroatoms. The summed E-state index contributed by atoms with van der Waals surface area (Å²) < 4.78 is 5.60. The molecule has 0 aliphatic heterocycles. The van der Waals surface area contributed by atoms with E-state index < -0.39 is 18.2 Å². The van der Waals surface area contributed by atoms with Gasteiger partial charge >= 0.3 is 5.97 Å². The average Bonchev–Trinajstić information content (AvgIpc) is 3.38. The molecule has 1 aliphatic rings. The largest absolute Gasteiger partial charge is 0.451 e. The normalized spacial score (nSPS) is 15.7. The topological polar surface area (TPSA) is 46.5 Å². The molecule has 1 unspecified atom stereocenters. The zero-order valence-electron chi connectivity index (χ0n) is 11.7. The second-order valence-corrected chi connectivity index (χ2v) is 5.42. The van der Waals surface area contributed by atoms with Gasteiger partial charge in [-0.15, -0.1) is 0 Å². The lowest BCUT2D eigenvalue weighted by molar-refractivity contribution is -0.158. The van der Waals surface area contributed by atoms with Crippen LogP contribution in [0.25, 0.3) is 0 Å². The van der Waals surface area contributed by atoms with E-state index in [1.165, 1.54) is 0 Å². The molecule has 2 aromatic rings. The van der Waals surface area contributed by atoms with Gasteiger partial charge in [0, 0.05) is 0 Å². The van der Waals surface area contributed by atoms with Crippen molar-refractivity contribution < 1.29 is 14.6 Å². The molecule has 21 heavy (non-hydrogen) atoms. The number of carbonyl (C=O) groups is 1. The van der Waals surface area contributed by atoms with E-state index in [4.69, 9.17) is 4.74 Å². The van der Waals surface area contributed by atoms with Crippen molar-refractivity contribution in [1.29, 1.82) is 0 Å². The van der Waals surface area contributed by atoms with E-state index in [-0.39, 0.29) is 5.92 Å². The Hall–Kier alpha value is -2.13. The van der Waals surface area contributed by atoms with E-state index in [0.717, 1.165) is 24.0 Å². The van der Waals surface area contributed by atoms with E-state index in [1.807, 2.05) is 60.7 Å².